The molecule has 0 N–H and O–H groups in total. The van der Waals surface area contributed by atoms with Crippen LogP contribution in [0.25, 0.3) is 0 Å². The third kappa shape index (κ3) is 2.22. The molecule has 0 atom stereocenters. The normalized spacial score (nSPS) is 9.13. The molecule has 1 aromatic rings. The monoisotopic (exact) mass is 267 g/mol. The molecule has 0 saturated carbocycles. The van der Waals surface area contributed by atoms with Crippen LogP contribution in [0, 0.1) is 11.3 Å². The second kappa shape index (κ2) is 4.71. The lowest BCUT2D eigenvalue weighted by molar-refractivity contribution is 0.0598. The van der Waals surface area contributed by atoms with Crippen LogP contribution in [0.3, 0.4) is 0 Å². The minimum Gasteiger partial charge on any atom is -0.465 e. The Labute approximate surface area is 94.6 Å². The summed E-state index contributed by atoms with van der Waals surface area (Å²) in [7, 11) is 1.23. The Morgan fingerprint density at radius 1 is 1.60 bits per heavy atom. The van der Waals surface area contributed by atoms with Gasteiger partial charge in [-0.15, -0.1) is 0 Å². The predicted octanol–water partition coefficient (Wildman–Crippen LogP) is 1.92. The summed E-state index contributed by atoms with van der Waals surface area (Å²) >= 11 is 3.12. The number of nitriles is 1. The molecule has 1 rings (SSSR count). The number of carbonyl (C=O) groups is 2. The number of nitrogens with zero attached hydrogens (tertiary/aromatic N) is 1. The van der Waals surface area contributed by atoms with Gasteiger partial charge in [0.05, 0.1) is 18.2 Å². The Bertz CT molecular complexity index is 462. The van der Waals surface area contributed by atoms with E-state index in [0.29, 0.717) is 16.3 Å². The minimum absolute atomic E-state index is 0.137. The third-order valence-corrected chi connectivity index (χ3v) is 2.45. The number of ether oxygens (including phenoxy) is 1. The Morgan fingerprint density at radius 3 is 2.73 bits per heavy atom. The Morgan fingerprint density at radius 2 is 2.27 bits per heavy atom. The van der Waals surface area contributed by atoms with E-state index in [1.807, 2.05) is 6.07 Å². The Hall–Kier alpha value is -1.67. The van der Waals surface area contributed by atoms with Crippen molar-refractivity contribution in [3.63, 3.8) is 0 Å². The number of rotatable bonds is 2. The Kier molecular flexibility index (Phi) is 3.58. The first-order valence-corrected chi connectivity index (χ1v) is 4.70. The van der Waals surface area contributed by atoms with Crippen molar-refractivity contribution in [2.75, 3.05) is 7.11 Å². The van der Waals surface area contributed by atoms with E-state index < -0.39 is 5.97 Å². The molecule has 4 nitrogen and oxygen atoms in total. The number of methoxy groups -OCH3 is 1. The van der Waals surface area contributed by atoms with E-state index in [1.54, 1.807) is 0 Å². The number of hydrogen-bond acceptors (Lipinski definition) is 4. The van der Waals surface area contributed by atoms with Crippen molar-refractivity contribution in [1.29, 1.82) is 5.26 Å². The molecule has 0 bridgehead atoms. The molecule has 0 amide bonds. The van der Waals surface area contributed by atoms with E-state index in [2.05, 4.69) is 20.7 Å². The van der Waals surface area contributed by atoms with Gasteiger partial charge < -0.3 is 4.74 Å². The van der Waals surface area contributed by atoms with E-state index in [9.17, 15) is 9.59 Å². The lowest BCUT2D eigenvalue weighted by Crippen LogP contribution is -2.06. The van der Waals surface area contributed by atoms with Crippen molar-refractivity contribution in [1.82, 2.24) is 0 Å². The number of halogens is 1. The molecular weight excluding hydrogens is 262 g/mol. The topological polar surface area (TPSA) is 67.2 Å². The van der Waals surface area contributed by atoms with Crippen molar-refractivity contribution in [3.8, 4) is 6.07 Å². The highest BCUT2D eigenvalue weighted by Crippen LogP contribution is 2.21. The third-order valence-electron chi connectivity index (χ3n) is 1.79. The average molecular weight is 268 g/mol. The molecule has 0 heterocycles. The largest absolute Gasteiger partial charge is 0.465 e. The van der Waals surface area contributed by atoms with Crippen LogP contribution in [0.5, 0.6) is 0 Å². The van der Waals surface area contributed by atoms with Crippen molar-refractivity contribution >= 4 is 28.2 Å². The van der Waals surface area contributed by atoms with Crippen LogP contribution in [-0.4, -0.2) is 19.4 Å². The summed E-state index contributed by atoms with van der Waals surface area (Å²) in [6, 6.07) is 4.63. The zero-order valence-corrected chi connectivity index (χ0v) is 9.37. The first-order chi connectivity index (χ1) is 7.13. The van der Waals surface area contributed by atoms with Gasteiger partial charge in [0.1, 0.15) is 6.07 Å². The van der Waals surface area contributed by atoms with Gasteiger partial charge in [-0.2, -0.15) is 5.26 Å². The summed E-state index contributed by atoms with van der Waals surface area (Å²) < 4.78 is 4.96. The summed E-state index contributed by atoms with van der Waals surface area (Å²) in [5, 5.41) is 8.71. The molecule has 0 unspecified atom stereocenters. The summed E-state index contributed by atoms with van der Waals surface area (Å²) in [4.78, 5) is 22.0. The Balaban J connectivity index is 3.41. The first-order valence-electron chi connectivity index (χ1n) is 3.91. The molecule has 0 aliphatic heterocycles. The van der Waals surface area contributed by atoms with Crippen molar-refractivity contribution < 1.29 is 14.3 Å². The van der Waals surface area contributed by atoms with Gasteiger partial charge in [-0.3, -0.25) is 4.79 Å². The molecule has 0 fully saturated rings. The van der Waals surface area contributed by atoms with Gasteiger partial charge in [0.25, 0.3) is 0 Å². The second-order valence-corrected chi connectivity index (χ2v) is 3.49. The molecule has 0 aromatic heterocycles. The summed E-state index contributed by atoms with van der Waals surface area (Å²) in [5.74, 6) is -0.609. The minimum atomic E-state index is -0.609. The fraction of sp³-hybridized carbons (Fsp3) is 0.100. The van der Waals surface area contributed by atoms with Crippen LogP contribution in [0.15, 0.2) is 16.6 Å². The highest BCUT2D eigenvalue weighted by Gasteiger charge is 2.14. The SMILES string of the molecule is COC(=O)c1cc(Br)c(C#N)cc1C=O. The summed E-state index contributed by atoms with van der Waals surface area (Å²) in [6.07, 6.45) is 0.513. The lowest BCUT2D eigenvalue weighted by atomic mass is 10.1. The standard InChI is InChI=1S/C10H6BrNO3/c1-15-10(14)8-3-9(11)6(4-12)2-7(8)5-13/h2-3,5H,1H3. The molecule has 5 heteroatoms. The molecular formula is C10H6BrNO3. The highest BCUT2D eigenvalue weighted by molar-refractivity contribution is 9.10. The average Bonchev–Trinajstić information content (AvgIpc) is 2.27. The van der Waals surface area contributed by atoms with Gasteiger partial charge in [0.15, 0.2) is 6.29 Å². The van der Waals surface area contributed by atoms with Crippen LogP contribution in [0.4, 0.5) is 0 Å². The van der Waals surface area contributed by atoms with Crippen LogP contribution >= 0.6 is 15.9 Å². The molecule has 0 radical (unpaired) electrons. The summed E-state index contributed by atoms with van der Waals surface area (Å²) in [6.45, 7) is 0. The predicted molar refractivity (Wildman–Crippen MR) is 55.6 cm³/mol. The van der Waals surface area contributed by atoms with E-state index in [-0.39, 0.29) is 11.1 Å². The van der Waals surface area contributed by atoms with Crippen LogP contribution in [0.2, 0.25) is 0 Å². The summed E-state index contributed by atoms with van der Waals surface area (Å²) in [5.41, 5.74) is 0.574. The highest BCUT2D eigenvalue weighted by atomic mass is 79.9. The molecule has 0 spiro atoms. The molecule has 0 saturated heterocycles. The van der Waals surface area contributed by atoms with Gasteiger partial charge in [-0.1, -0.05) is 0 Å². The number of carbonyl (C=O) groups excluding carboxylic acids is 2. The first kappa shape index (κ1) is 11.4. The van der Waals surface area contributed by atoms with E-state index >= 15 is 0 Å². The quantitative estimate of drug-likeness (QED) is 0.607. The van der Waals surface area contributed by atoms with E-state index in [1.165, 1.54) is 19.2 Å². The maximum absolute atomic E-state index is 11.3. The van der Waals surface area contributed by atoms with E-state index in [0.717, 1.165) is 0 Å². The number of aldehydes is 1. The van der Waals surface area contributed by atoms with Gasteiger partial charge in [0.2, 0.25) is 0 Å². The van der Waals surface area contributed by atoms with Gasteiger partial charge in [0, 0.05) is 10.0 Å². The molecule has 76 valence electrons. The fourth-order valence-corrected chi connectivity index (χ4v) is 1.49. The zero-order chi connectivity index (χ0) is 11.4. The van der Waals surface area contributed by atoms with Crippen molar-refractivity contribution in [2.45, 2.75) is 0 Å². The maximum Gasteiger partial charge on any atom is 0.338 e. The second-order valence-electron chi connectivity index (χ2n) is 2.64. The molecule has 0 aliphatic rings. The zero-order valence-electron chi connectivity index (χ0n) is 7.78. The van der Waals surface area contributed by atoms with Crippen LogP contribution in [0.1, 0.15) is 26.3 Å². The molecule has 0 aliphatic carbocycles. The number of benzene rings is 1. The van der Waals surface area contributed by atoms with Gasteiger partial charge in [-0.05, 0) is 28.1 Å². The number of hydrogen-bond donors (Lipinski definition) is 0. The lowest BCUT2D eigenvalue weighted by Gasteiger charge is -2.04. The maximum atomic E-state index is 11.3. The van der Waals surface area contributed by atoms with Crippen molar-refractivity contribution in [3.05, 3.63) is 33.3 Å². The van der Waals surface area contributed by atoms with E-state index in [4.69, 9.17) is 5.26 Å². The van der Waals surface area contributed by atoms with Crippen LogP contribution < -0.4 is 0 Å². The van der Waals surface area contributed by atoms with Crippen LogP contribution in [-0.2, 0) is 4.74 Å². The molecule has 1 aromatic carbocycles. The fourth-order valence-electron chi connectivity index (χ4n) is 1.06. The van der Waals surface area contributed by atoms with Gasteiger partial charge >= 0.3 is 5.97 Å². The number of esters is 1. The smallest absolute Gasteiger partial charge is 0.338 e. The van der Waals surface area contributed by atoms with Gasteiger partial charge in [-0.25, -0.2) is 4.79 Å². The molecule has 15 heavy (non-hydrogen) atoms. The van der Waals surface area contributed by atoms with Crippen molar-refractivity contribution in [2.24, 2.45) is 0 Å².